The summed E-state index contributed by atoms with van der Waals surface area (Å²) in [6, 6.07) is 11.6. The third-order valence-corrected chi connectivity index (χ3v) is 4.05. The molecule has 0 spiro atoms. The molecule has 7 heteroatoms. The smallest absolute Gasteiger partial charge is 0.335 e. The van der Waals surface area contributed by atoms with E-state index in [-0.39, 0.29) is 24.0 Å². The van der Waals surface area contributed by atoms with E-state index in [1.165, 1.54) is 6.07 Å². The van der Waals surface area contributed by atoms with Crippen LogP contribution in [-0.2, 0) is 16.0 Å². The first-order chi connectivity index (χ1) is 12.9. The number of hydrogen-bond donors (Lipinski definition) is 2. The van der Waals surface area contributed by atoms with Crippen LogP contribution in [0.1, 0.15) is 29.3 Å². The molecule has 0 saturated heterocycles. The van der Waals surface area contributed by atoms with Crippen molar-refractivity contribution in [1.82, 2.24) is 0 Å². The fourth-order valence-corrected chi connectivity index (χ4v) is 2.77. The van der Waals surface area contributed by atoms with E-state index < -0.39 is 5.97 Å². The Labute approximate surface area is 163 Å². The van der Waals surface area contributed by atoms with Crippen molar-refractivity contribution in [1.29, 1.82) is 0 Å². The van der Waals surface area contributed by atoms with Gasteiger partial charge < -0.3 is 19.9 Å². The molecule has 0 aliphatic carbocycles. The summed E-state index contributed by atoms with van der Waals surface area (Å²) in [6.07, 6.45) is 0.240. The van der Waals surface area contributed by atoms with Gasteiger partial charge in [0.25, 0.3) is 0 Å². The van der Waals surface area contributed by atoms with E-state index in [1.54, 1.807) is 43.5 Å². The molecule has 0 aromatic heterocycles. The van der Waals surface area contributed by atoms with Gasteiger partial charge in [0.05, 0.1) is 17.9 Å². The van der Waals surface area contributed by atoms with Crippen LogP contribution in [0.5, 0.6) is 5.75 Å². The summed E-state index contributed by atoms with van der Waals surface area (Å²) >= 11 is 6.03. The summed E-state index contributed by atoms with van der Waals surface area (Å²) in [6.45, 7) is 2.26. The lowest BCUT2D eigenvalue weighted by atomic mass is 10.0. The van der Waals surface area contributed by atoms with Gasteiger partial charge in [-0.15, -0.1) is 0 Å². The van der Waals surface area contributed by atoms with Gasteiger partial charge in [0.1, 0.15) is 11.9 Å². The Morgan fingerprint density at radius 2 is 1.96 bits per heavy atom. The number of amides is 1. The van der Waals surface area contributed by atoms with Crippen LogP contribution in [0.2, 0.25) is 5.02 Å². The van der Waals surface area contributed by atoms with Crippen LogP contribution in [-0.4, -0.2) is 36.8 Å². The molecule has 0 radical (unpaired) electrons. The Bertz CT molecular complexity index is 809. The van der Waals surface area contributed by atoms with Gasteiger partial charge in [-0.3, -0.25) is 4.79 Å². The normalized spacial score (nSPS) is 11.7. The van der Waals surface area contributed by atoms with Crippen molar-refractivity contribution in [2.45, 2.75) is 25.9 Å². The predicted molar refractivity (Wildman–Crippen MR) is 104 cm³/mol. The van der Waals surface area contributed by atoms with Gasteiger partial charge in [-0.1, -0.05) is 29.8 Å². The van der Waals surface area contributed by atoms with Gasteiger partial charge >= 0.3 is 5.97 Å². The summed E-state index contributed by atoms with van der Waals surface area (Å²) in [5, 5.41) is 12.5. The van der Waals surface area contributed by atoms with E-state index in [0.29, 0.717) is 35.1 Å². The lowest BCUT2D eigenvalue weighted by Gasteiger charge is -2.17. The first kappa shape index (κ1) is 20.7. The van der Waals surface area contributed by atoms with Gasteiger partial charge in [-0.2, -0.15) is 0 Å². The quantitative estimate of drug-likeness (QED) is 0.674. The molecule has 144 valence electrons. The number of aryl methyl sites for hydroxylation is 1. The summed E-state index contributed by atoms with van der Waals surface area (Å²) in [5.74, 6) is -0.784. The number of ether oxygens (including phenoxy) is 2. The zero-order valence-electron chi connectivity index (χ0n) is 15.2. The molecule has 0 aliphatic heterocycles. The fraction of sp³-hybridized carbons (Fsp3) is 0.300. The van der Waals surface area contributed by atoms with E-state index in [1.807, 2.05) is 6.92 Å². The third kappa shape index (κ3) is 6.27. The van der Waals surface area contributed by atoms with Crippen molar-refractivity contribution < 1.29 is 24.2 Å². The standard InChI is InChI=1S/C20H22ClNO5/c1-13(12-26-2)27-18-9-8-15(21)11-17(18)22-19(23)10-7-14-5-3-4-6-16(14)20(24)25/h3-6,8-9,11,13H,7,10,12H2,1-2H3,(H,22,23)(H,24,25). The number of carbonyl (C=O) groups excluding carboxylic acids is 1. The summed E-state index contributed by atoms with van der Waals surface area (Å²) in [4.78, 5) is 23.6. The maximum Gasteiger partial charge on any atom is 0.335 e. The lowest BCUT2D eigenvalue weighted by Crippen LogP contribution is -2.20. The molecular formula is C20H22ClNO5. The second-order valence-electron chi connectivity index (χ2n) is 6.03. The zero-order chi connectivity index (χ0) is 19.8. The molecule has 0 heterocycles. The molecule has 0 bridgehead atoms. The van der Waals surface area contributed by atoms with Gasteiger partial charge in [0.2, 0.25) is 5.91 Å². The molecule has 2 aromatic rings. The van der Waals surface area contributed by atoms with Crippen LogP contribution in [0.15, 0.2) is 42.5 Å². The number of carboxylic acids is 1. The van der Waals surface area contributed by atoms with Crippen LogP contribution in [0.4, 0.5) is 5.69 Å². The largest absolute Gasteiger partial charge is 0.486 e. The molecular weight excluding hydrogens is 370 g/mol. The molecule has 1 atom stereocenters. The van der Waals surface area contributed by atoms with Crippen molar-refractivity contribution in [3.63, 3.8) is 0 Å². The first-order valence-corrected chi connectivity index (χ1v) is 8.84. The Hall–Kier alpha value is -2.57. The number of aromatic carboxylic acids is 1. The number of rotatable bonds is 9. The van der Waals surface area contributed by atoms with Gasteiger partial charge in [-0.25, -0.2) is 4.79 Å². The van der Waals surface area contributed by atoms with Crippen molar-refractivity contribution in [3.8, 4) is 5.75 Å². The highest BCUT2D eigenvalue weighted by Gasteiger charge is 2.14. The van der Waals surface area contributed by atoms with Crippen molar-refractivity contribution in [3.05, 3.63) is 58.6 Å². The van der Waals surface area contributed by atoms with Crippen LogP contribution in [0.25, 0.3) is 0 Å². The molecule has 1 amide bonds. The summed E-state index contributed by atoms with van der Waals surface area (Å²) in [5.41, 5.74) is 1.27. The van der Waals surface area contributed by atoms with Gasteiger partial charge in [0.15, 0.2) is 0 Å². The molecule has 27 heavy (non-hydrogen) atoms. The van der Waals surface area contributed by atoms with E-state index in [4.69, 9.17) is 21.1 Å². The Morgan fingerprint density at radius 1 is 1.22 bits per heavy atom. The first-order valence-electron chi connectivity index (χ1n) is 8.47. The maximum absolute atomic E-state index is 12.4. The van der Waals surface area contributed by atoms with E-state index in [2.05, 4.69) is 5.32 Å². The molecule has 2 N–H and O–H groups in total. The predicted octanol–water partition coefficient (Wildman–Crippen LogP) is 4.02. The second-order valence-corrected chi connectivity index (χ2v) is 6.47. The fourth-order valence-electron chi connectivity index (χ4n) is 2.60. The summed E-state index contributed by atoms with van der Waals surface area (Å²) < 4.78 is 10.8. The van der Waals surface area contributed by atoms with Gasteiger partial charge in [-0.05, 0) is 43.2 Å². The van der Waals surface area contributed by atoms with E-state index >= 15 is 0 Å². The van der Waals surface area contributed by atoms with Crippen LogP contribution >= 0.6 is 11.6 Å². The Morgan fingerprint density at radius 3 is 2.67 bits per heavy atom. The van der Waals surface area contributed by atoms with E-state index in [9.17, 15) is 14.7 Å². The highest BCUT2D eigenvalue weighted by molar-refractivity contribution is 6.31. The van der Waals surface area contributed by atoms with Crippen LogP contribution in [0.3, 0.4) is 0 Å². The monoisotopic (exact) mass is 391 g/mol. The molecule has 2 aromatic carbocycles. The Kier molecular flexibility index (Phi) is 7.64. The lowest BCUT2D eigenvalue weighted by molar-refractivity contribution is -0.116. The maximum atomic E-state index is 12.4. The number of nitrogens with one attached hydrogen (secondary N) is 1. The molecule has 1 unspecified atom stereocenters. The number of methoxy groups -OCH3 is 1. The number of carbonyl (C=O) groups is 2. The zero-order valence-corrected chi connectivity index (χ0v) is 16.0. The molecule has 2 rings (SSSR count). The molecule has 6 nitrogen and oxygen atoms in total. The topological polar surface area (TPSA) is 84.9 Å². The van der Waals surface area contributed by atoms with Crippen molar-refractivity contribution in [2.75, 3.05) is 19.0 Å². The average molecular weight is 392 g/mol. The average Bonchev–Trinajstić information content (AvgIpc) is 2.62. The van der Waals surface area contributed by atoms with Crippen molar-refractivity contribution in [2.24, 2.45) is 0 Å². The number of halogens is 1. The number of carboxylic acid groups (broad SMARTS) is 1. The summed E-state index contributed by atoms with van der Waals surface area (Å²) in [7, 11) is 1.58. The minimum absolute atomic E-state index is 0.129. The second kappa shape index (κ2) is 9.94. The van der Waals surface area contributed by atoms with Gasteiger partial charge in [0, 0.05) is 18.6 Å². The number of benzene rings is 2. The van der Waals surface area contributed by atoms with Crippen LogP contribution < -0.4 is 10.1 Å². The number of hydrogen-bond acceptors (Lipinski definition) is 4. The highest BCUT2D eigenvalue weighted by atomic mass is 35.5. The highest BCUT2D eigenvalue weighted by Crippen LogP contribution is 2.29. The van der Waals surface area contributed by atoms with E-state index in [0.717, 1.165) is 0 Å². The minimum Gasteiger partial charge on any atom is -0.486 e. The van der Waals surface area contributed by atoms with Crippen molar-refractivity contribution >= 4 is 29.2 Å². The minimum atomic E-state index is -1.01. The molecule has 0 aliphatic rings. The third-order valence-electron chi connectivity index (χ3n) is 3.81. The van der Waals surface area contributed by atoms with Crippen LogP contribution in [0, 0.1) is 0 Å². The molecule has 0 fully saturated rings. The SMILES string of the molecule is COCC(C)Oc1ccc(Cl)cc1NC(=O)CCc1ccccc1C(=O)O. The Balaban J connectivity index is 2.05. The molecule has 0 saturated carbocycles. The number of anilines is 1.